The van der Waals surface area contributed by atoms with Gasteiger partial charge in [-0.15, -0.1) is 0 Å². The topological polar surface area (TPSA) is 24.9 Å². The van der Waals surface area contributed by atoms with Crippen molar-refractivity contribution in [2.24, 2.45) is 0 Å². The number of aromatic nitrogens is 1. The minimum Gasteiger partial charge on any atom is -0.340 e. The second kappa shape index (κ2) is 4.42. The van der Waals surface area contributed by atoms with E-state index in [0.29, 0.717) is 0 Å². The van der Waals surface area contributed by atoms with Gasteiger partial charge in [-0.05, 0) is 17.7 Å². The van der Waals surface area contributed by atoms with Crippen LogP contribution in [0.1, 0.15) is 5.56 Å². The van der Waals surface area contributed by atoms with Gasteiger partial charge in [-0.2, -0.15) is 0 Å². The van der Waals surface area contributed by atoms with E-state index in [2.05, 4.69) is 16.9 Å². The van der Waals surface area contributed by atoms with Crippen LogP contribution in [0.15, 0.2) is 61.3 Å². The van der Waals surface area contributed by atoms with Crippen molar-refractivity contribution in [3.63, 3.8) is 0 Å². The van der Waals surface area contributed by atoms with Crippen LogP contribution in [0.2, 0.25) is 0 Å². The van der Waals surface area contributed by atoms with Crippen LogP contribution >= 0.6 is 0 Å². The summed E-state index contributed by atoms with van der Waals surface area (Å²) in [5, 5.41) is 3.15. The lowest BCUT2D eigenvalue weighted by Gasteiger charge is -2.08. The predicted octanol–water partition coefficient (Wildman–Crippen LogP) is 3.16. The van der Waals surface area contributed by atoms with Crippen LogP contribution in [0.25, 0.3) is 5.70 Å². The Hall–Kier alpha value is -2.09. The number of rotatable bonds is 3. The number of pyridine rings is 1. The first kappa shape index (κ1) is 9.46. The highest BCUT2D eigenvalue weighted by Crippen LogP contribution is 2.13. The fourth-order valence-electron chi connectivity index (χ4n) is 1.30. The first-order valence-electron chi connectivity index (χ1n) is 4.78. The van der Waals surface area contributed by atoms with Gasteiger partial charge in [0, 0.05) is 11.9 Å². The zero-order valence-electron chi connectivity index (χ0n) is 8.35. The van der Waals surface area contributed by atoms with Gasteiger partial charge in [-0.25, -0.2) is 4.98 Å². The molecule has 0 spiro atoms. The van der Waals surface area contributed by atoms with Gasteiger partial charge in [0.1, 0.15) is 5.82 Å². The second-order valence-electron chi connectivity index (χ2n) is 3.18. The Morgan fingerprint density at radius 1 is 1.00 bits per heavy atom. The first-order chi connectivity index (χ1) is 7.36. The van der Waals surface area contributed by atoms with E-state index in [1.807, 2.05) is 48.5 Å². The molecule has 74 valence electrons. The highest BCUT2D eigenvalue weighted by atomic mass is 15.0. The summed E-state index contributed by atoms with van der Waals surface area (Å²) in [5.74, 6) is 0.811. The molecule has 1 aromatic carbocycles. The van der Waals surface area contributed by atoms with E-state index in [1.165, 1.54) is 0 Å². The summed E-state index contributed by atoms with van der Waals surface area (Å²) in [6.07, 6.45) is 1.75. The van der Waals surface area contributed by atoms with Gasteiger partial charge in [0.15, 0.2) is 0 Å². The molecule has 2 heteroatoms. The Bertz CT molecular complexity index is 435. The number of hydrogen-bond acceptors (Lipinski definition) is 2. The SMILES string of the molecule is C=C(Nc1ccccn1)c1ccccc1. The molecule has 0 saturated heterocycles. The van der Waals surface area contributed by atoms with Crippen LogP contribution in [0.4, 0.5) is 5.82 Å². The maximum Gasteiger partial charge on any atom is 0.130 e. The summed E-state index contributed by atoms with van der Waals surface area (Å²) in [4.78, 5) is 4.17. The third kappa shape index (κ3) is 2.44. The molecule has 0 aliphatic heterocycles. The molecule has 1 aromatic heterocycles. The van der Waals surface area contributed by atoms with E-state index in [1.54, 1.807) is 6.20 Å². The van der Waals surface area contributed by atoms with Gasteiger partial charge in [0.2, 0.25) is 0 Å². The van der Waals surface area contributed by atoms with E-state index in [-0.39, 0.29) is 0 Å². The van der Waals surface area contributed by atoms with Crippen LogP contribution in [0.5, 0.6) is 0 Å². The van der Waals surface area contributed by atoms with Gasteiger partial charge >= 0.3 is 0 Å². The summed E-state index contributed by atoms with van der Waals surface area (Å²) in [6, 6.07) is 15.7. The predicted molar refractivity (Wildman–Crippen MR) is 63.3 cm³/mol. The van der Waals surface area contributed by atoms with E-state index in [0.717, 1.165) is 17.1 Å². The molecule has 0 unspecified atom stereocenters. The second-order valence-corrected chi connectivity index (χ2v) is 3.18. The Labute approximate surface area is 89.3 Å². The maximum absolute atomic E-state index is 4.17. The number of nitrogens with zero attached hydrogens (tertiary/aromatic N) is 1. The van der Waals surface area contributed by atoms with Crippen molar-refractivity contribution in [3.05, 3.63) is 66.9 Å². The molecule has 2 rings (SSSR count). The molecule has 0 bridgehead atoms. The fourth-order valence-corrected chi connectivity index (χ4v) is 1.30. The fraction of sp³-hybridized carbons (Fsp3) is 0. The smallest absolute Gasteiger partial charge is 0.130 e. The molecule has 0 amide bonds. The molecule has 2 aromatic rings. The van der Waals surface area contributed by atoms with Gasteiger partial charge in [-0.1, -0.05) is 43.0 Å². The van der Waals surface area contributed by atoms with Crippen molar-refractivity contribution in [1.82, 2.24) is 4.98 Å². The van der Waals surface area contributed by atoms with Gasteiger partial charge < -0.3 is 5.32 Å². The Balaban J connectivity index is 2.12. The monoisotopic (exact) mass is 196 g/mol. The minimum absolute atomic E-state index is 0.811. The molecular formula is C13H12N2. The van der Waals surface area contributed by atoms with E-state index in [4.69, 9.17) is 0 Å². The third-order valence-corrected chi connectivity index (χ3v) is 2.07. The highest BCUT2D eigenvalue weighted by molar-refractivity contribution is 5.73. The lowest BCUT2D eigenvalue weighted by molar-refractivity contribution is 1.31. The maximum atomic E-state index is 4.17. The van der Waals surface area contributed by atoms with E-state index >= 15 is 0 Å². The molecule has 0 aliphatic rings. The van der Waals surface area contributed by atoms with Crippen LogP contribution in [-0.4, -0.2) is 4.98 Å². The van der Waals surface area contributed by atoms with Crippen molar-refractivity contribution < 1.29 is 0 Å². The zero-order valence-corrected chi connectivity index (χ0v) is 8.35. The Kier molecular flexibility index (Phi) is 2.79. The number of hydrogen-bond donors (Lipinski definition) is 1. The molecule has 0 aliphatic carbocycles. The Morgan fingerprint density at radius 2 is 1.73 bits per heavy atom. The quantitative estimate of drug-likeness (QED) is 0.815. The van der Waals surface area contributed by atoms with Crippen molar-refractivity contribution in [1.29, 1.82) is 0 Å². The van der Waals surface area contributed by atoms with Crippen molar-refractivity contribution in [2.75, 3.05) is 5.32 Å². The molecule has 0 saturated carbocycles. The van der Waals surface area contributed by atoms with Crippen LogP contribution in [0, 0.1) is 0 Å². The molecule has 15 heavy (non-hydrogen) atoms. The molecular weight excluding hydrogens is 184 g/mol. The molecule has 0 atom stereocenters. The lowest BCUT2D eigenvalue weighted by atomic mass is 10.2. The first-order valence-corrected chi connectivity index (χ1v) is 4.78. The standard InChI is InChI=1S/C13H12N2/c1-11(12-7-3-2-4-8-12)15-13-9-5-6-10-14-13/h2-10H,1H2,(H,14,15). The molecule has 1 N–H and O–H groups in total. The average Bonchev–Trinajstić information content (AvgIpc) is 2.31. The zero-order chi connectivity index (χ0) is 10.5. The Morgan fingerprint density at radius 3 is 2.40 bits per heavy atom. The van der Waals surface area contributed by atoms with Gasteiger partial charge in [0.05, 0.1) is 0 Å². The van der Waals surface area contributed by atoms with Crippen molar-refractivity contribution in [2.45, 2.75) is 0 Å². The highest BCUT2D eigenvalue weighted by Gasteiger charge is 1.97. The molecule has 1 heterocycles. The normalized spacial score (nSPS) is 9.60. The number of nitrogens with one attached hydrogen (secondary N) is 1. The van der Waals surface area contributed by atoms with Crippen molar-refractivity contribution in [3.8, 4) is 0 Å². The number of benzene rings is 1. The van der Waals surface area contributed by atoms with Crippen LogP contribution < -0.4 is 5.32 Å². The molecule has 2 nitrogen and oxygen atoms in total. The van der Waals surface area contributed by atoms with Gasteiger partial charge in [-0.3, -0.25) is 0 Å². The summed E-state index contributed by atoms with van der Waals surface area (Å²) in [5.41, 5.74) is 1.93. The van der Waals surface area contributed by atoms with E-state index < -0.39 is 0 Å². The van der Waals surface area contributed by atoms with E-state index in [9.17, 15) is 0 Å². The summed E-state index contributed by atoms with van der Waals surface area (Å²) in [7, 11) is 0. The van der Waals surface area contributed by atoms with Crippen LogP contribution in [-0.2, 0) is 0 Å². The summed E-state index contributed by atoms with van der Waals surface area (Å²) < 4.78 is 0. The average molecular weight is 196 g/mol. The molecule has 0 radical (unpaired) electrons. The lowest BCUT2D eigenvalue weighted by Crippen LogP contribution is -1.98. The van der Waals surface area contributed by atoms with Crippen LogP contribution in [0.3, 0.4) is 0 Å². The van der Waals surface area contributed by atoms with Crippen molar-refractivity contribution >= 4 is 11.5 Å². The largest absolute Gasteiger partial charge is 0.340 e. The van der Waals surface area contributed by atoms with Gasteiger partial charge in [0.25, 0.3) is 0 Å². The summed E-state index contributed by atoms with van der Waals surface area (Å²) in [6.45, 7) is 3.97. The molecule has 0 fully saturated rings. The number of anilines is 1. The summed E-state index contributed by atoms with van der Waals surface area (Å²) >= 11 is 0. The minimum atomic E-state index is 0.811. The third-order valence-electron chi connectivity index (χ3n) is 2.07.